The van der Waals surface area contributed by atoms with Crippen LogP contribution in [0.1, 0.15) is 0 Å². The predicted molar refractivity (Wildman–Crippen MR) is 29.5 cm³/mol. The quantitative estimate of drug-likeness (QED) is 0.562. The maximum atomic E-state index is 0. The molecule has 0 bridgehead atoms. The van der Waals surface area contributed by atoms with Crippen molar-refractivity contribution in [2.45, 2.75) is 0 Å². The molecule has 0 unspecified atom stereocenters. The zero-order chi connectivity index (χ0) is 0. The summed E-state index contributed by atoms with van der Waals surface area (Å²) in [5.41, 5.74) is 0. The van der Waals surface area contributed by atoms with Crippen molar-refractivity contribution in [3.8, 4) is 0 Å². The van der Waals surface area contributed by atoms with E-state index in [2.05, 4.69) is 0 Å². The maximum Gasteiger partial charge on any atom is 6.00 e. The average Bonchev–Trinajstić information content (AvgIpc) is 0. The van der Waals surface area contributed by atoms with Crippen LogP contribution < -0.4 is 0 Å². The Kier molecular flexibility index (Phi) is 602. The summed E-state index contributed by atoms with van der Waals surface area (Å²) in [6.45, 7) is 0. The molecule has 39 valence electrons. The maximum absolute atomic E-state index is 0. The second-order valence-electron chi connectivity index (χ2n) is 0. The smallest absolute Gasteiger partial charge is 2.00 e. The van der Waals surface area contributed by atoms with Crippen molar-refractivity contribution in [3.05, 3.63) is 0 Å². The van der Waals surface area contributed by atoms with Gasteiger partial charge in [-0.2, -0.15) is 0 Å². The van der Waals surface area contributed by atoms with E-state index >= 15 is 0 Å². The van der Waals surface area contributed by atoms with E-state index in [-0.39, 0.29) is 91.8 Å². The molecule has 0 rings (SSSR count). The minimum absolute atomic E-state index is 0. The van der Waals surface area contributed by atoms with Gasteiger partial charge in [0.1, 0.15) is 0 Å². The minimum Gasteiger partial charge on any atom is -2.00 e. The van der Waals surface area contributed by atoms with Gasteiger partial charge in [-0.25, -0.2) is 0 Å². The molecule has 6 heteroatoms. The molecule has 0 saturated carbocycles. The molecule has 0 aromatic rings. The summed E-state index contributed by atoms with van der Waals surface area (Å²) in [4.78, 5) is 0. The summed E-state index contributed by atoms with van der Waals surface area (Å²) in [7, 11) is 0. The molecule has 0 aromatic heterocycles. The fraction of sp³-hybridized carbons (Fsp3) is 0. The Morgan fingerprint density at radius 1 is 0.500 bits per heavy atom. The van der Waals surface area contributed by atoms with Crippen LogP contribution in [0.25, 0.3) is 0 Å². The van der Waals surface area contributed by atoms with Gasteiger partial charge in [0.2, 0.25) is 0 Å². The Labute approximate surface area is 90.8 Å². The first-order chi connectivity index (χ1) is 0. The average molecular weight is 371 g/mol. The van der Waals surface area contributed by atoms with Crippen LogP contribution in [0, 0.1) is 0 Å². The largest absolute Gasteiger partial charge is 6.00 e. The SMILES string of the molecule is [Co+2].[S-2].[S-2].[S-2].[S-2].[W+6]. The molecule has 0 nitrogen and oxygen atoms in total. The number of hydrogen-bond donors (Lipinski definition) is 0. The second kappa shape index (κ2) is 49.1. The molecule has 0 aliphatic heterocycles. The van der Waals surface area contributed by atoms with Gasteiger partial charge < -0.3 is 54.0 Å². The topological polar surface area (TPSA) is 0 Å². The molecule has 6 heavy (non-hydrogen) atoms. The van der Waals surface area contributed by atoms with Crippen molar-refractivity contribution in [2.24, 2.45) is 0 Å². The fourth-order valence-electron chi connectivity index (χ4n) is 0. The van der Waals surface area contributed by atoms with E-state index in [0.717, 1.165) is 0 Å². The van der Waals surface area contributed by atoms with E-state index in [1.54, 1.807) is 0 Å². The van der Waals surface area contributed by atoms with Gasteiger partial charge in [-0.15, -0.1) is 0 Å². The summed E-state index contributed by atoms with van der Waals surface area (Å²) in [6, 6.07) is 0. The van der Waals surface area contributed by atoms with Crippen molar-refractivity contribution in [1.29, 1.82) is 0 Å². The summed E-state index contributed by atoms with van der Waals surface area (Å²) < 4.78 is 0. The van der Waals surface area contributed by atoms with Crippen LogP contribution in [0.15, 0.2) is 0 Å². The first-order valence-corrected chi connectivity index (χ1v) is 0. The van der Waals surface area contributed by atoms with Crippen molar-refractivity contribution < 1.29 is 37.8 Å². The van der Waals surface area contributed by atoms with Crippen LogP contribution in [0.4, 0.5) is 0 Å². The van der Waals surface area contributed by atoms with Gasteiger partial charge in [0.05, 0.1) is 0 Å². The molecule has 0 N–H and O–H groups in total. The van der Waals surface area contributed by atoms with E-state index in [1.165, 1.54) is 0 Å². The van der Waals surface area contributed by atoms with Crippen LogP contribution in [-0.4, -0.2) is 0 Å². The van der Waals surface area contributed by atoms with E-state index < -0.39 is 0 Å². The van der Waals surface area contributed by atoms with Crippen molar-refractivity contribution in [2.75, 3.05) is 0 Å². The third kappa shape index (κ3) is 30.7. The number of rotatable bonds is 0. The molecule has 0 heterocycles. The Bertz CT molecular complexity index is 7.51. The zero-order valence-electron chi connectivity index (χ0n) is 2.37. The summed E-state index contributed by atoms with van der Waals surface area (Å²) in [5.74, 6) is 0. The van der Waals surface area contributed by atoms with E-state index in [1.807, 2.05) is 0 Å². The Morgan fingerprint density at radius 2 is 0.500 bits per heavy atom. The van der Waals surface area contributed by atoms with Gasteiger partial charge in [0.25, 0.3) is 0 Å². The molecule has 0 saturated heterocycles. The molecule has 0 aromatic carbocycles. The predicted octanol–water partition coefficient (Wildman–Crippen LogP) is -0.0146. The van der Waals surface area contributed by atoms with Crippen LogP contribution in [0.2, 0.25) is 0 Å². The fourth-order valence-corrected chi connectivity index (χ4v) is 0. The molecule has 0 atom stereocenters. The summed E-state index contributed by atoms with van der Waals surface area (Å²) in [6.07, 6.45) is 0. The molecule has 1 radical (unpaired) electrons. The Morgan fingerprint density at radius 3 is 0.500 bits per heavy atom. The standard InChI is InChI=1S/Co.4S.W/q+2;4*-2;+6. The molecule has 0 fully saturated rings. The van der Waals surface area contributed by atoms with Gasteiger partial charge in [0, 0.05) is 0 Å². The Hall–Kier alpha value is 2.59. The zero-order valence-corrected chi connectivity index (χ0v) is 9.62. The van der Waals surface area contributed by atoms with Crippen LogP contribution in [-0.2, 0) is 91.8 Å². The monoisotopic (exact) mass is 371 g/mol. The minimum atomic E-state index is 0. The third-order valence-corrected chi connectivity index (χ3v) is 0. The van der Waals surface area contributed by atoms with Crippen molar-refractivity contribution >= 4 is 54.0 Å². The van der Waals surface area contributed by atoms with Gasteiger partial charge in [0.15, 0.2) is 0 Å². The van der Waals surface area contributed by atoms with Crippen LogP contribution in [0.3, 0.4) is 0 Å². The van der Waals surface area contributed by atoms with E-state index in [9.17, 15) is 0 Å². The summed E-state index contributed by atoms with van der Waals surface area (Å²) in [5, 5.41) is 0. The van der Waals surface area contributed by atoms with Crippen molar-refractivity contribution in [3.63, 3.8) is 0 Å². The van der Waals surface area contributed by atoms with E-state index in [0.29, 0.717) is 0 Å². The van der Waals surface area contributed by atoms with Crippen LogP contribution >= 0.6 is 0 Å². The number of hydrogen-bond acceptors (Lipinski definition) is 0. The molecule has 0 aliphatic rings. The van der Waals surface area contributed by atoms with Crippen LogP contribution in [0.5, 0.6) is 0 Å². The first-order valence-electron chi connectivity index (χ1n) is 0. The molecule has 0 spiro atoms. The third-order valence-electron chi connectivity index (χ3n) is 0. The summed E-state index contributed by atoms with van der Waals surface area (Å²) >= 11 is 0. The van der Waals surface area contributed by atoms with Crippen molar-refractivity contribution in [1.82, 2.24) is 0 Å². The first kappa shape index (κ1) is 73.6. The van der Waals surface area contributed by atoms with E-state index in [4.69, 9.17) is 0 Å². The Balaban J connectivity index is 0. The molecule has 0 amide bonds. The molecule has 0 aliphatic carbocycles. The van der Waals surface area contributed by atoms with Gasteiger partial charge in [-0.1, -0.05) is 0 Å². The molecular formula is CoS4W. The second-order valence-corrected chi connectivity index (χ2v) is 0. The van der Waals surface area contributed by atoms with Gasteiger partial charge in [-0.05, 0) is 0 Å². The van der Waals surface area contributed by atoms with Gasteiger partial charge in [-0.3, -0.25) is 0 Å². The molecular weight excluding hydrogens is 371 g/mol. The van der Waals surface area contributed by atoms with Gasteiger partial charge >= 0.3 is 37.8 Å². The normalized spacial score (nSPS) is 0.